The normalized spacial score (nSPS) is 15.2. The zero-order valence-corrected chi connectivity index (χ0v) is 19.6. The Morgan fingerprint density at radius 1 is 1.03 bits per heavy atom. The number of hydrogen-bond acceptors (Lipinski definition) is 5. The molecular weight excluding hydrogens is 422 g/mol. The van der Waals surface area contributed by atoms with E-state index in [9.17, 15) is 14.4 Å². The highest BCUT2D eigenvalue weighted by Gasteiger charge is 2.31. The quantitative estimate of drug-likeness (QED) is 0.661. The van der Waals surface area contributed by atoms with Gasteiger partial charge in [0.1, 0.15) is 11.8 Å². The standard InChI is InChI=1S/C25H33N3O5/c1-18(2)23(26-24(30)21-6-4-17-33-21)25(31)28-14-5-13-27(15-16-28)22(29)12-9-19-7-10-20(32-3)11-8-19/h4,6-8,10-11,17-18,23H,5,9,12-16H2,1-3H3,(H,26,30). The highest BCUT2D eigenvalue weighted by molar-refractivity contribution is 5.95. The van der Waals surface area contributed by atoms with E-state index in [1.165, 1.54) is 6.26 Å². The molecule has 8 nitrogen and oxygen atoms in total. The SMILES string of the molecule is COc1ccc(CCC(=O)N2CCCN(C(=O)C(NC(=O)c3ccco3)C(C)C)CC2)cc1. The minimum absolute atomic E-state index is 0.0816. The van der Waals surface area contributed by atoms with E-state index < -0.39 is 11.9 Å². The molecule has 0 saturated carbocycles. The van der Waals surface area contributed by atoms with E-state index in [4.69, 9.17) is 9.15 Å². The molecule has 1 aromatic heterocycles. The van der Waals surface area contributed by atoms with Gasteiger partial charge < -0.3 is 24.3 Å². The van der Waals surface area contributed by atoms with Crippen molar-refractivity contribution in [1.29, 1.82) is 0 Å². The van der Waals surface area contributed by atoms with Gasteiger partial charge in [-0.05, 0) is 48.6 Å². The van der Waals surface area contributed by atoms with Crippen molar-refractivity contribution >= 4 is 17.7 Å². The van der Waals surface area contributed by atoms with E-state index in [1.54, 1.807) is 24.1 Å². The Kier molecular flexibility index (Phi) is 8.52. The Labute approximate surface area is 194 Å². The zero-order valence-electron chi connectivity index (χ0n) is 19.6. The van der Waals surface area contributed by atoms with Crippen LogP contribution in [0.5, 0.6) is 5.75 Å². The van der Waals surface area contributed by atoms with Crippen LogP contribution in [0.15, 0.2) is 47.1 Å². The number of benzene rings is 1. The second-order valence-electron chi connectivity index (χ2n) is 8.58. The van der Waals surface area contributed by atoms with E-state index in [-0.39, 0.29) is 23.5 Å². The van der Waals surface area contributed by atoms with Crippen molar-refractivity contribution in [1.82, 2.24) is 15.1 Å². The van der Waals surface area contributed by atoms with Gasteiger partial charge in [-0.25, -0.2) is 0 Å². The van der Waals surface area contributed by atoms with Crippen LogP contribution in [0.3, 0.4) is 0 Å². The van der Waals surface area contributed by atoms with E-state index in [0.717, 1.165) is 11.3 Å². The molecule has 1 atom stereocenters. The van der Waals surface area contributed by atoms with Crippen LogP contribution >= 0.6 is 0 Å². The summed E-state index contributed by atoms with van der Waals surface area (Å²) in [4.78, 5) is 42.0. The first-order valence-corrected chi connectivity index (χ1v) is 11.4. The molecule has 2 heterocycles. The monoisotopic (exact) mass is 455 g/mol. The Morgan fingerprint density at radius 2 is 1.73 bits per heavy atom. The van der Waals surface area contributed by atoms with Gasteiger partial charge in [-0.15, -0.1) is 0 Å². The summed E-state index contributed by atoms with van der Waals surface area (Å²) in [7, 11) is 1.63. The average molecular weight is 456 g/mol. The van der Waals surface area contributed by atoms with Gasteiger partial charge in [0.15, 0.2) is 5.76 Å². The minimum atomic E-state index is -0.653. The third-order valence-electron chi connectivity index (χ3n) is 5.91. The van der Waals surface area contributed by atoms with Crippen molar-refractivity contribution < 1.29 is 23.5 Å². The van der Waals surface area contributed by atoms with Gasteiger partial charge in [-0.3, -0.25) is 14.4 Å². The summed E-state index contributed by atoms with van der Waals surface area (Å²) in [5.74, 6) is 0.448. The molecule has 1 aliphatic heterocycles. The number of hydrogen-bond donors (Lipinski definition) is 1. The van der Waals surface area contributed by atoms with Gasteiger partial charge in [0.05, 0.1) is 13.4 Å². The predicted molar refractivity (Wildman–Crippen MR) is 124 cm³/mol. The lowest BCUT2D eigenvalue weighted by atomic mass is 10.0. The van der Waals surface area contributed by atoms with Crippen LogP contribution < -0.4 is 10.1 Å². The van der Waals surface area contributed by atoms with E-state index in [1.807, 2.05) is 43.0 Å². The van der Waals surface area contributed by atoms with Crippen LogP contribution in [0, 0.1) is 5.92 Å². The number of carbonyl (C=O) groups excluding carboxylic acids is 3. The smallest absolute Gasteiger partial charge is 0.287 e. The van der Waals surface area contributed by atoms with Crippen molar-refractivity contribution in [3.63, 3.8) is 0 Å². The molecule has 0 bridgehead atoms. The van der Waals surface area contributed by atoms with Gasteiger partial charge in [0.2, 0.25) is 11.8 Å². The maximum Gasteiger partial charge on any atom is 0.287 e. The van der Waals surface area contributed by atoms with Gasteiger partial charge in [0, 0.05) is 32.6 Å². The fourth-order valence-corrected chi connectivity index (χ4v) is 3.92. The average Bonchev–Trinajstić information content (AvgIpc) is 3.25. The van der Waals surface area contributed by atoms with Gasteiger partial charge >= 0.3 is 0 Å². The molecule has 2 aromatic rings. The third kappa shape index (κ3) is 6.60. The second-order valence-corrected chi connectivity index (χ2v) is 8.58. The molecule has 8 heteroatoms. The number of aryl methyl sites for hydroxylation is 1. The second kappa shape index (κ2) is 11.5. The summed E-state index contributed by atoms with van der Waals surface area (Å²) >= 11 is 0. The van der Waals surface area contributed by atoms with Gasteiger partial charge in [-0.2, -0.15) is 0 Å². The number of amides is 3. The van der Waals surface area contributed by atoms with E-state index in [2.05, 4.69) is 5.32 Å². The molecule has 1 saturated heterocycles. The number of methoxy groups -OCH3 is 1. The molecule has 178 valence electrons. The fraction of sp³-hybridized carbons (Fsp3) is 0.480. The number of carbonyl (C=O) groups is 3. The van der Waals surface area contributed by atoms with Gasteiger partial charge in [0.25, 0.3) is 5.91 Å². The van der Waals surface area contributed by atoms with Crippen LogP contribution in [-0.2, 0) is 16.0 Å². The largest absolute Gasteiger partial charge is 0.497 e. The summed E-state index contributed by atoms with van der Waals surface area (Å²) < 4.78 is 10.3. The molecule has 1 fully saturated rings. The van der Waals surface area contributed by atoms with Crippen molar-refractivity contribution in [2.75, 3.05) is 33.3 Å². The van der Waals surface area contributed by atoms with Crippen LogP contribution in [0.4, 0.5) is 0 Å². The highest BCUT2D eigenvalue weighted by atomic mass is 16.5. The van der Waals surface area contributed by atoms with Gasteiger partial charge in [-0.1, -0.05) is 26.0 Å². The summed E-state index contributed by atoms with van der Waals surface area (Å²) in [5, 5.41) is 2.80. The van der Waals surface area contributed by atoms with Crippen LogP contribution in [0.25, 0.3) is 0 Å². The zero-order chi connectivity index (χ0) is 23.8. The molecular formula is C25H33N3O5. The molecule has 1 unspecified atom stereocenters. The predicted octanol–water partition coefficient (Wildman–Crippen LogP) is 2.74. The summed E-state index contributed by atoms with van der Waals surface area (Å²) in [6, 6.07) is 10.3. The third-order valence-corrected chi connectivity index (χ3v) is 5.91. The number of furan rings is 1. The van der Waals surface area contributed by atoms with E-state index in [0.29, 0.717) is 45.4 Å². The first-order chi connectivity index (χ1) is 15.9. The highest BCUT2D eigenvalue weighted by Crippen LogP contribution is 2.15. The molecule has 33 heavy (non-hydrogen) atoms. The topological polar surface area (TPSA) is 92.1 Å². The maximum absolute atomic E-state index is 13.2. The van der Waals surface area contributed by atoms with Crippen molar-refractivity contribution in [3.8, 4) is 5.75 Å². The summed E-state index contributed by atoms with van der Waals surface area (Å²) in [6.45, 7) is 5.92. The number of nitrogens with zero attached hydrogens (tertiary/aromatic N) is 2. The number of ether oxygens (including phenoxy) is 1. The van der Waals surface area contributed by atoms with Crippen molar-refractivity contribution in [2.24, 2.45) is 5.92 Å². The maximum atomic E-state index is 13.2. The molecule has 1 aromatic carbocycles. The minimum Gasteiger partial charge on any atom is -0.497 e. The molecule has 1 aliphatic rings. The van der Waals surface area contributed by atoms with Crippen molar-refractivity contribution in [3.05, 3.63) is 54.0 Å². The number of nitrogens with one attached hydrogen (secondary N) is 1. The Morgan fingerprint density at radius 3 is 2.36 bits per heavy atom. The lowest BCUT2D eigenvalue weighted by Crippen LogP contribution is -2.52. The Balaban J connectivity index is 1.53. The molecule has 3 amide bonds. The first-order valence-electron chi connectivity index (χ1n) is 11.4. The molecule has 3 rings (SSSR count). The first kappa shape index (κ1) is 24.4. The van der Waals surface area contributed by atoms with Crippen LogP contribution in [-0.4, -0.2) is 66.9 Å². The lowest BCUT2D eigenvalue weighted by Gasteiger charge is -2.29. The molecule has 0 aliphatic carbocycles. The van der Waals surface area contributed by atoms with Crippen LogP contribution in [0.2, 0.25) is 0 Å². The molecule has 1 N–H and O–H groups in total. The fourth-order valence-electron chi connectivity index (χ4n) is 3.92. The summed E-state index contributed by atoms with van der Waals surface area (Å²) in [6.07, 6.45) is 3.22. The van der Waals surface area contributed by atoms with Crippen molar-refractivity contribution in [2.45, 2.75) is 39.2 Å². The Bertz CT molecular complexity index is 924. The molecule has 0 spiro atoms. The molecule has 0 radical (unpaired) electrons. The lowest BCUT2D eigenvalue weighted by molar-refractivity contribution is -0.135. The van der Waals surface area contributed by atoms with Crippen LogP contribution in [0.1, 0.15) is 42.8 Å². The Hall–Kier alpha value is -3.29. The van der Waals surface area contributed by atoms with E-state index >= 15 is 0 Å². The summed E-state index contributed by atoms with van der Waals surface area (Å²) in [5.41, 5.74) is 1.09. The number of rotatable bonds is 8.